The van der Waals surface area contributed by atoms with Gasteiger partial charge in [0.25, 0.3) is 0 Å². The van der Waals surface area contributed by atoms with Gasteiger partial charge < -0.3 is 14.8 Å². The number of carbonyl (C=O) groups is 1. The van der Waals surface area contributed by atoms with Crippen LogP contribution >= 0.6 is 0 Å². The predicted molar refractivity (Wildman–Crippen MR) is 128 cm³/mol. The molecule has 2 aromatic rings. The van der Waals surface area contributed by atoms with Crippen molar-refractivity contribution in [3.63, 3.8) is 0 Å². The number of sulfonamides is 1. The van der Waals surface area contributed by atoms with Crippen molar-refractivity contribution in [2.45, 2.75) is 17.7 Å². The van der Waals surface area contributed by atoms with Crippen LogP contribution < -0.4 is 5.32 Å². The molecular formula is C24H33N3O5S. The maximum atomic E-state index is 12.9. The molecule has 1 heterocycles. The summed E-state index contributed by atoms with van der Waals surface area (Å²) in [6, 6.07) is 16.7. The van der Waals surface area contributed by atoms with Gasteiger partial charge in [-0.1, -0.05) is 36.4 Å². The third kappa shape index (κ3) is 7.90. The largest absolute Gasteiger partial charge is 0.383 e. The van der Waals surface area contributed by atoms with Gasteiger partial charge in [-0.2, -0.15) is 4.31 Å². The smallest absolute Gasteiger partial charge is 0.243 e. The van der Waals surface area contributed by atoms with Gasteiger partial charge in [0, 0.05) is 32.4 Å². The molecule has 0 aromatic heterocycles. The normalized spacial score (nSPS) is 15.0. The lowest BCUT2D eigenvalue weighted by Crippen LogP contribution is -2.40. The Kier molecular flexibility index (Phi) is 9.83. The van der Waals surface area contributed by atoms with Crippen molar-refractivity contribution in [3.8, 4) is 0 Å². The maximum absolute atomic E-state index is 12.9. The van der Waals surface area contributed by atoms with Crippen molar-refractivity contribution in [2.75, 3.05) is 65.0 Å². The van der Waals surface area contributed by atoms with Crippen LogP contribution in [-0.4, -0.2) is 83.2 Å². The first-order chi connectivity index (χ1) is 16.0. The fourth-order valence-electron chi connectivity index (χ4n) is 3.72. The molecule has 0 atom stereocenters. The molecule has 0 unspecified atom stereocenters. The van der Waals surface area contributed by atoms with Crippen LogP contribution in [0.1, 0.15) is 12.0 Å². The number of nitrogens with one attached hydrogen (secondary N) is 1. The zero-order valence-electron chi connectivity index (χ0n) is 19.1. The molecule has 1 aliphatic heterocycles. The SMILES string of the molecule is COCCN(CCCc1ccccc1)CC(=O)Nc1cccc(S(=O)(=O)N2CCOCC2)c1. The Morgan fingerprint density at radius 2 is 1.85 bits per heavy atom. The molecule has 1 amide bonds. The standard InChI is InChI=1S/C24H33N3O5S/c1-31-16-13-26(12-6-9-21-7-3-2-4-8-21)20-24(28)25-22-10-5-11-23(19-22)33(29,30)27-14-17-32-18-15-27/h2-5,7-8,10-11,19H,6,9,12-18,20H2,1H3,(H,25,28). The molecular weight excluding hydrogens is 442 g/mol. The molecule has 8 nitrogen and oxygen atoms in total. The Morgan fingerprint density at radius 3 is 2.58 bits per heavy atom. The first-order valence-corrected chi connectivity index (χ1v) is 12.7. The molecule has 0 aliphatic carbocycles. The lowest BCUT2D eigenvalue weighted by Gasteiger charge is -2.26. The number of hydrogen-bond acceptors (Lipinski definition) is 6. The van der Waals surface area contributed by atoms with E-state index in [9.17, 15) is 13.2 Å². The number of carbonyl (C=O) groups excluding carboxylic acids is 1. The average Bonchev–Trinajstić information content (AvgIpc) is 2.83. The Hall–Kier alpha value is -2.30. The average molecular weight is 476 g/mol. The first kappa shape index (κ1) is 25.3. The van der Waals surface area contributed by atoms with Gasteiger partial charge in [-0.3, -0.25) is 9.69 Å². The molecule has 0 spiro atoms. The Bertz CT molecular complexity index is 979. The second kappa shape index (κ2) is 12.8. The van der Waals surface area contributed by atoms with Crippen molar-refractivity contribution in [1.29, 1.82) is 0 Å². The number of hydrogen-bond donors (Lipinski definition) is 1. The molecule has 1 saturated heterocycles. The molecule has 180 valence electrons. The molecule has 0 saturated carbocycles. The summed E-state index contributed by atoms with van der Waals surface area (Å²) in [6.07, 6.45) is 1.86. The molecule has 33 heavy (non-hydrogen) atoms. The highest BCUT2D eigenvalue weighted by Gasteiger charge is 2.26. The molecule has 1 aliphatic rings. The second-order valence-electron chi connectivity index (χ2n) is 7.95. The van der Waals surface area contributed by atoms with Gasteiger partial charge >= 0.3 is 0 Å². The summed E-state index contributed by atoms with van der Waals surface area (Å²) in [7, 11) is -1.98. The van der Waals surface area contributed by atoms with Gasteiger partial charge in [-0.05, 0) is 43.1 Å². The van der Waals surface area contributed by atoms with E-state index in [2.05, 4.69) is 22.3 Å². The van der Waals surface area contributed by atoms with Crippen LogP contribution in [0.5, 0.6) is 0 Å². The van der Waals surface area contributed by atoms with Crippen LogP contribution in [0.4, 0.5) is 5.69 Å². The van der Waals surface area contributed by atoms with Crippen molar-refractivity contribution in [2.24, 2.45) is 0 Å². The van der Waals surface area contributed by atoms with Crippen molar-refractivity contribution in [1.82, 2.24) is 9.21 Å². The highest BCUT2D eigenvalue weighted by Crippen LogP contribution is 2.20. The van der Waals surface area contributed by atoms with E-state index in [1.807, 2.05) is 18.2 Å². The van der Waals surface area contributed by atoms with E-state index in [0.29, 0.717) is 45.1 Å². The topological polar surface area (TPSA) is 88.2 Å². The van der Waals surface area contributed by atoms with Crippen LogP contribution in [0.2, 0.25) is 0 Å². The number of ether oxygens (including phenoxy) is 2. The fraction of sp³-hybridized carbons (Fsp3) is 0.458. The van der Waals surface area contributed by atoms with Gasteiger partial charge in [0.05, 0.1) is 31.3 Å². The third-order valence-electron chi connectivity index (χ3n) is 5.49. The minimum absolute atomic E-state index is 0.168. The van der Waals surface area contributed by atoms with Crippen LogP contribution in [0, 0.1) is 0 Å². The maximum Gasteiger partial charge on any atom is 0.243 e. The summed E-state index contributed by atoms with van der Waals surface area (Å²) in [6.45, 7) is 3.58. The summed E-state index contributed by atoms with van der Waals surface area (Å²) in [4.78, 5) is 14.9. The van der Waals surface area contributed by atoms with Gasteiger partial charge in [0.2, 0.25) is 15.9 Å². The number of anilines is 1. The molecule has 9 heteroatoms. The number of methoxy groups -OCH3 is 1. The fourth-order valence-corrected chi connectivity index (χ4v) is 5.17. The molecule has 3 rings (SSSR count). The van der Waals surface area contributed by atoms with E-state index in [4.69, 9.17) is 9.47 Å². The zero-order valence-corrected chi connectivity index (χ0v) is 19.9. The number of benzene rings is 2. The van der Waals surface area contributed by atoms with Gasteiger partial charge in [0.1, 0.15) is 0 Å². The molecule has 0 radical (unpaired) electrons. The van der Waals surface area contributed by atoms with Crippen LogP contribution in [0.3, 0.4) is 0 Å². The highest BCUT2D eigenvalue weighted by atomic mass is 32.2. The van der Waals surface area contributed by atoms with Crippen molar-refractivity contribution in [3.05, 3.63) is 60.2 Å². The number of rotatable bonds is 12. The zero-order chi connectivity index (χ0) is 23.5. The van der Waals surface area contributed by atoms with Gasteiger partial charge in [0.15, 0.2) is 0 Å². The Morgan fingerprint density at radius 1 is 1.09 bits per heavy atom. The highest BCUT2D eigenvalue weighted by molar-refractivity contribution is 7.89. The number of nitrogens with zero attached hydrogens (tertiary/aromatic N) is 2. The lowest BCUT2D eigenvalue weighted by molar-refractivity contribution is -0.117. The Labute approximate surface area is 196 Å². The summed E-state index contributed by atoms with van der Waals surface area (Å²) in [5.41, 5.74) is 1.73. The van der Waals surface area contributed by atoms with Crippen molar-refractivity contribution >= 4 is 21.6 Å². The van der Waals surface area contributed by atoms with E-state index in [1.165, 1.54) is 15.9 Å². The second-order valence-corrected chi connectivity index (χ2v) is 9.89. The van der Waals surface area contributed by atoms with E-state index in [0.717, 1.165) is 19.4 Å². The summed E-state index contributed by atoms with van der Waals surface area (Å²) >= 11 is 0. The van der Waals surface area contributed by atoms with Crippen LogP contribution in [0.15, 0.2) is 59.5 Å². The van der Waals surface area contributed by atoms with Crippen LogP contribution in [0.25, 0.3) is 0 Å². The molecule has 0 bridgehead atoms. The van der Waals surface area contributed by atoms with Crippen molar-refractivity contribution < 1.29 is 22.7 Å². The minimum atomic E-state index is -3.62. The van der Waals surface area contributed by atoms with Gasteiger partial charge in [-0.15, -0.1) is 0 Å². The van der Waals surface area contributed by atoms with E-state index < -0.39 is 10.0 Å². The minimum Gasteiger partial charge on any atom is -0.383 e. The summed E-state index contributed by atoms with van der Waals surface area (Å²) in [5.74, 6) is -0.188. The molecule has 1 N–H and O–H groups in total. The third-order valence-corrected chi connectivity index (χ3v) is 7.38. The quantitative estimate of drug-likeness (QED) is 0.507. The first-order valence-electron chi connectivity index (χ1n) is 11.2. The summed E-state index contributed by atoms with van der Waals surface area (Å²) < 4.78 is 37.6. The molecule has 2 aromatic carbocycles. The summed E-state index contributed by atoms with van der Waals surface area (Å²) in [5, 5.41) is 2.84. The number of morpholine rings is 1. The molecule has 1 fully saturated rings. The number of amides is 1. The predicted octanol–water partition coefficient (Wildman–Crippen LogP) is 2.23. The van der Waals surface area contributed by atoms with E-state index >= 15 is 0 Å². The van der Waals surface area contributed by atoms with E-state index in [1.54, 1.807) is 25.3 Å². The van der Waals surface area contributed by atoms with Crippen LogP contribution in [-0.2, 0) is 30.7 Å². The number of aryl methyl sites for hydroxylation is 1. The lowest BCUT2D eigenvalue weighted by atomic mass is 10.1. The monoisotopic (exact) mass is 475 g/mol. The van der Waals surface area contributed by atoms with E-state index in [-0.39, 0.29) is 17.3 Å². The Balaban J connectivity index is 1.57. The van der Waals surface area contributed by atoms with Gasteiger partial charge in [-0.25, -0.2) is 8.42 Å².